The lowest BCUT2D eigenvalue weighted by Crippen LogP contribution is -2.24. The predicted octanol–water partition coefficient (Wildman–Crippen LogP) is 2.66. The number of para-hydroxylation sites is 1. The topological polar surface area (TPSA) is 46.2 Å². The van der Waals surface area contributed by atoms with Crippen LogP contribution in [0, 0.1) is 0 Å². The zero-order valence-corrected chi connectivity index (χ0v) is 9.52. The second kappa shape index (κ2) is 5.09. The highest BCUT2D eigenvalue weighted by Crippen LogP contribution is 2.34. The summed E-state index contributed by atoms with van der Waals surface area (Å²) < 4.78 is 83.2. The molecule has 1 aromatic carbocycles. The molecule has 0 aliphatic heterocycles. The standard InChI is InChI=1S/C9H8F5NO2S/c10-8(11)5-15-6-3-1-2-4-7(6)18(16,17)9(12,13)14/h1-4,8,15H,5H2. The Bertz CT molecular complexity index is 512. The third-order valence-electron chi connectivity index (χ3n) is 1.93. The number of hydrogen-bond acceptors (Lipinski definition) is 3. The smallest absolute Gasteiger partial charge is 0.378 e. The van der Waals surface area contributed by atoms with Gasteiger partial charge in [0.15, 0.2) is 0 Å². The molecule has 0 aliphatic carbocycles. The molecule has 9 heteroatoms. The van der Waals surface area contributed by atoms with Gasteiger partial charge in [-0.2, -0.15) is 13.2 Å². The molecule has 0 spiro atoms. The van der Waals surface area contributed by atoms with Crippen LogP contribution in [0.15, 0.2) is 29.2 Å². The first-order valence-corrected chi connectivity index (χ1v) is 6.07. The lowest BCUT2D eigenvalue weighted by atomic mass is 10.3. The van der Waals surface area contributed by atoms with Gasteiger partial charge in [-0.25, -0.2) is 17.2 Å². The summed E-state index contributed by atoms with van der Waals surface area (Å²) in [4.78, 5) is -1.07. The van der Waals surface area contributed by atoms with E-state index >= 15 is 0 Å². The van der Waals surface area contributed by atoms with Gasteiger partial charge in [0.2, 0.25) is 0 Å². The van der Waals surface area contributed by atoms with Crippen LogP contribution >= 0.6 is 0 Å². The van der Waals surface area contributed by atoms with E-state index < -0.39 is 38.9 Å². The summed E-state index contributed by atoms with van der Waals surface area (Å²) in [7, 11) is -5.56. The number of hydrogen-bond donors (Lipinski definition) is 1. The van der Waals surface area contributed by atoms with Gasteiger partial charge < -0.3 is 5.32 Å². The number of rotatable bonds is 4. The fraction of sp³-hybridized carbons (Fsp3) is 0.333. The molecule has 0 amide bonds. The first-order chi connectivity index (χ1) is 8.16. The van der Waals surface area contributed by atoms with Crippen LogP contribution in [0.4, 0.5) is 27.6 Å². The molecule has 0 unspecified atom stereocenters. The van der Waals surface area contributed by atoms with Crippen molar-refractivity contribution in [1.82, 2.24) is 0 Å². The minimum Gasteiger partial charge on any atom is -0.378 e. The summed E-state index contributed by atoms with van der Waals surface area (Å²) >= 11 is 0. The molecule has 1 aromatic rings. The van der Waals surface area contributed by atoms with Gasteiger partial charge in [0.05, 0.1) is 17.1 Å². The Morgan fingerprint density at radius 1 is 1.17 bits per heavy atom. The minimum absolute atomic E-state index is 0.505. The minimum atomic E-state index is -5.56. The summed E-state index contributed by atoms with van der Waals surface area (Å²) in [5.41, 5.74) is -5.98. The van der Waals surface area contributed by atoms with E-state index in [1.54, 1.807) is 0 Å². The number of alkyl halides is 5. The average Bonchev–Trinajstić information content (AvgIpc) is 2.25. The molecule has 102 valence electrons. The quantitative estimate of drug-likeness (QED) is 0.867. The van der Waals surface area contributed by atoms with Crippen LogP contribution in [-0.2, 0) is 9.84 Å². The van der Waals surface area contributed by atoms with E-state index in [1.807, 2.05) is 5.32 Å². The van der Waals surface area contributed by atoms with Crippen LogP contribution in [0.25, 0.3) is 0 Å². The molecule has 1 N–H and O–H groups in total. The molecular weight excluding hydrogens is 281 g/mol. The largest absolute Gasteiger partial charge is 0.501 e. The first-order valence-electron chi connectivity index (χ1n) is 4.58. The van der Waals surface area contributed by atoms with Crippen molar-refractivity contribution in [3.8, 4) is 0 Å². The van der Waals surface area contributed by atoms with Crippen molar-refractivity contribution in [3.63, 3.8) is 0 Å². The van der Waals surface area contributed by atoms with E-state index in [4.69, 9.17) is 0 Å². The van der Waals surface area contributed by atoms with Crippen LogP contribution in [0.2, 0.25) is 0 Å². The van der Waals surface area contributed by atoms with Crippen molar-refractivity contribution < 1.29 is 30.4 Å². The number of nitrogens with one attached hydrogen (secondary N) is 1. The highest BCUT2D eigenvalue weighted by atomic mass is 32.2. The van der Waals surface area contributed by atoms with E-state index in [0.717, 1.165) is 12.1 Å². The normalized spacial score (nSPS) is 12.8. The highest BCUT2D eigenvalue weighted by Gasteiger charge is 2.47. The molecule has 0 fully saturated rings. The van der Waals surface area contributed by atoms with Crippen molar-refractivity contribution in [3.05, 3.63) is 24.3 Å². The van der Waals surface area contributed by atoms with Gasteiger partial charge in [0, 0.05) is 0 Å². The molecule has 0 radical (unpaired) electrons. The first kappa shape index (κ1) is 14.7. The van der Waals surface area contributed by atoms with Crippen LogP contribution in [0.1, 0.15) is 0 Å². The molecule has 0 aromatic heterocycles. The molecule has 0 atom stereocenters. The molecule has 1 rings (SSSR count). The Morgan fingerprint density at radius 2 is 1.72 bits per heavy atom. The van der Waals surface area contributed by atoms with Crippen molar-refractivity contribution in [2.75, 3.05) is 11.9 Å². The average molecular weight is 289 g/mol. The molecule has 0 aliphatic rings. The maximum Gasteiger partial charge on any atom is 0.501 e. The Labute approximate surface area is 99.5 Å². The van der Waals surface area contributed by atoms with Gasteiger partial charge in [-0.3, -0.25) is 0 Å². The summed E-state index contributed by atoms with van der Waals surface area (Å²) in [6, 6.07) is 4.01. The van der Waals surface area contributed by atoms with Crippen LogP contribution in [-0.4, -0.2) is 26.9 Å². The van der Waals surface area contributed by atoms with E-state index in [1.165, 1.54) is 6.07 Å². The van der Waals surface area contributed by atoms with E-state index in [0.29, 0.717) is 6.07 Å². The fourth-order valence-electron chi connectivity index (χ4n) is 1.16. The maximum absolute atomic E-state index is 12.3. The van der Waals surface area contributed by atoms with Crippen LogP contribution in [0.3, 0.4) is 0 Å². The molecule has 0 heterocycles. The van der Waals surface area contributed by atoms with Gasteiger partial charge in [0.25, 0.3) is 16.3 Å². The lowest BCUT2D eigenvalue weighted by Gasteiger charge is -2.13. The van der Waals surface area contributed by atoms with E-state index in [-0.39, 0.29) is 0 Å². The van der Waals surface area contributed by atoms with E-state index in [9.17, 15) is 30.4 Å². The Kier molecular flexibility index (Phi) is 4.15. The number of sulfone groups is 1. The predicted molar refractivity (Wildman–Crippen MR) is 54.2 cm³/mol. The summed E-state index contributed by atoms with van der Waals surface area (Å²) in [6.07, 6.45) is -2.81. The van der Waals surface area contributed by atoms with Crippen molar-refractivity contribution in [1.29, 1.82) is 0 Å². The van der Waals surface area contributed by atoms with Crippen molar-refractivity contribution in [2.24, 2.45) is 0 Å². The third kappa shape index (κ3) is 3.09. The van der Waals surface area contributed by atoms with Crippen molar-refractivity contribution in [2.45, 2.75) is 16.8 Å². The number of halogens is 5. The second-order valence-electron chi connectivity index (χ2n) is 3.22. The highest BCUT2D eigenvalue weighted by molar-refractivity contribution is 7.92. The zero-order valence-electron chi connectivity index (χ0n) is 8.71. The monoisotopic (exact) mass is 289 g/mol. The molecule has 0 bridgehead atoms. The Hall–Kier alpha value is -1.38. The fourth-order valence-corrected chi connectivity index (χ4v) is 2.10. The second-order valence-corrected chi connectivity index (χ2v) is 5.13. The Morgan fingerprint density at radius 3 is 2.22 bits per heavy atom. The number of anilines is 1. The van der Waals surface area contributed by atoms with Gasteiger partial charge in [-0.15, -0.1) is 0 Å². The third-order valence-corrected chi connectivity index (χ3v) is 3.47. The summed E-state index contributed by atoms with van der Waals surface area (Å²) in [5, 5.41) is 1.96. The maximum atomic E-state index is 12.3. The van der Waals surface area contributed by atoms with Crippen molar-refractivity contribution >= 4 is 15.5 Å². The van der Waals surface area contributed by atoms with Crippen LogP contribution < -0.4 is 5.32 Å². The Balaban J connectivity index is 3.18. The molecular formula is C9H8F5NO2S. The zero-order chi connectivity index (χ0) is 14.0. The molecule has 3 nitrogen and oxygen atoms in total. The van der Waals surface area contributed by atoms with Gasteiger partial charge in [-0.05, 0) is 12.1 Å². The number of benzene rings is 1. The molecule has 18 heavy (non-hydrogen) atoms. The SMILES string of the molecule is O=S(=O)(c1ccccc1NCC(F)F)C(F)(F)F. The van der Waals surface area contributed by atoms with Gasteiger partial charge >= 0.3 is 5.51 Å². The lowest BCUT2D eigenvalue weighted by molar-refractivity contribution is -0.0435. The summed E-state index contributed by atoms with van der Waals surface area (Å²) in [6.45, 7) is -0.940. The molecule has 0 saturated heterocycles. The van der Waals surface area contributed by atoms with Gasteiger partial charge in [-0.1, -0.05) is 12.1 Å². The van der Waals surface area contributed by atoms with Gasteiger partial charge in [0.1, 0.15) is 0 Å². The van der Waals surface area contributed by atoms with E-state index in [2.05, 4.69) is 0 Å². The van der Waals surface area contributed by atoms with Crippen LogP contribution in [0.5, 0.6) is 0 Å². The molecule has 0 saturated carbocycles. The summed E-state index contributed by atoms with van der Waals surface area (Å²) in [5.74, 6) is 0.